The average molecular weight is 352 g/mol. The van der Waals surface area contributed by atoms with Crippen LogP contribution in [0.5, 0.6) is 0 Å². The number of hydrogen-bond acceptors (Lipinski definition) is 6. The van der Waals surface area contributed by atoms with Gasteiger partial charge in [-0.3, -0.25) is 9.59 Å². The molecule has 1 saturated carbocycles. The van der Waals surface area contributed by atoms with Crippen LogP contribution in [0.3, 0.4) is 0 Å². The second-order valence-corrected chi connectivity index (χ2v) is 6.32. The highest BCUT2D eigenvalue weighted by Gasteiger charge is 2.36. The molecule has 1 aliphatic carbocycles. The maximum absolute atomic E-state index is 12.4. The molecule has 1 aliphatic heterocycles. The largest absolute Gasteiger partial charge is 0.445 e. The average Bonchev–Trinajstić information content (AvgIpc) is 2.92. The molecule has 1 unspecified atom stereocenters. The van der Waals surface area contributed by atoms with E-state index < -0.39 is 29.9 Å². The van der Waals surface area contributed by atoms with Gasteiger partial charge in [0.1, 0.15) is 12.6 Å². The number of hydroxylamine groups is 2. The fourth-order valence-corrected chi connectivity index (χ4v) is 3.10. The minimum absolute atomic E-state index is 0.0140. The zero-order chi connectivity index (χ0) is 18.2. The number of hydrogen-bond donors (Lipinski definition) is 1. The fraction of sp³-hybridized carbons (Fsp3) is 0.647. The molecule has 0 aromatic carbocycles. The van der Waals surface area contributed by atoms with Crippen LogP contribution >= 0.6 is 0 Å². The summed E-state index contributed by atoms with van der Waals surface area (Å²) in [6.45, 7) is 3.46. The Kier molecular flexibility index (Phi) is 6.97. The van der Waals surface area contributed by atoms with Gasteiger partial charge in [-0.1, -0.05) is 44.8 Å². The van der Waals surface area contributed by atoms with Crippen molar-refractivity contribution in [2.45, 2.75) is 57.4 Å². The van der Waals surface area contributed by atoms with Gasteiger partial charge in [-0.2, -0.15) is 0 Å². The van der Waals surface area contributed by atoms with Crippen molar-refractivity contribution in [2.24, 2.45) is 5.92 Å². The third kappa shape index (κ3) is 5.58. The van der Waals surface area contributed by atoms with Crippen molar-refractivity contribution in [3.8, 4) is 0 Å². The Hall–Kier alpha value is -2.38. The number of rotatable bonds is 7. The first-order valence-electron chi connectivity index (χ1n) is 8.63. The Morgan fingerprint density at radius 3 is 2.44 bits per heavy atom. The Bertz CT molecular complexity index is 525. The van der Waals surface area contributed by atoms with Crippen molar-refractivity contribution in [1.29, 1.82) is 0 Å². The van der Waals surface area contributed by atoms with E-state index in [1.807, 2.05) is 0 Å². The van der Waals surface area contributed by atoms with E-state index in [-0.39, 0.29) is 25.4 Å². The maximum atomic E-state index is 12.4. The third-order valence-electron chi connectivity index (χ3n) is 4.39. The zero-order valence-electron chi connectivity index (χ0n) is 14.2. The number of imide groups is 1. The van der Waals surface area contributed by atoms with Crippen molar-refractivity contribution in [3.05, 3.63) is 12.7 Å². The summed E-state index contributed by atoms with van der Waals surface area (Å²) < 4.78 is 4.85. The summed E-state index contributed by atoms with van der Waals surface area (Å²) in [6.07, 6.45) is 6.33. The Balaban J connectivity index is 1.99. The summed E-state index contributed by atoms with van der Waals surface area (Å²) in [5, 5.41) is 2.96. The molecular weight excluding hydrogens is 328 g/mol. The quantitative estimate of drug-likeness (QED) is 0.554. The normalized spacial score (nSPS) is 19.4. The molecule has 1 heterocycles. The predicted molar refractivity (Wildman–Crippen MR) is 86.8 cm³/mol. The maximum Gasteiger partial charge on any atom is 0.408 e. The summed E-state index contributed by atoms with van der Waals surface area (Å²) in [5.41, 5.74) is 0. The predicted octanol–water partition coefficient (Wildman–Crippen LogP) is 1.84. The van der Waals surface area contributed by atoms with Crippen LogP contribution in [0.15, 0.2) is 12.7 Å². The summed E-state index contributed by atoms with van der Waals surface area (Å²) in [5.74, 6) is -1.66. The lowest BCUT2D eigenvalue weighted by Gasteiger charge is -2.26. The highest BCUT2D eigenvalue weighted by atomic mass is 16.7. The zero-order valence-corrected chi connectivity index (χ0v) is 14.2. The number of nitrogens with one attached hydrogen (secondary N) is 1. The molecule has 1 atom stereocenters. The van der Waals surface area contributed by atoms with Crippen LogP contribution in [0, 0.1) is 5.92 Å². The van der Waals surface area contributed by atoms with Gasteiger partial charge in [-0.15, -0.1) is 5.06 Å². The first-order chi connectivity index (χ1) is 12.0. The Morgan fingerprint density at radius 1 is 1.20 bits per heavy atom. The number of carbonyl (C=O) groups is 4. The molecule has 2 rings (SSSR count). The molecule has 8 nitrogen and oxygen atoms in total. The van der Waals surface area contributed by atoms with Gasteiger partial charge in [0.25, 0.3) is 11.8 Å². The Labute approximate surface area is 146 Å². The van der Waals surface area contributed by atoms with Crippen molar-refractivity contribution in [1.82, 2.24) is 10.4 Å². The lowest BCUT2D eigenvalue weighted by Crippen LogP contribution is -2.46. The molecular formula is C17H24N2O6. The molecule has 0 radical (unpaired) electrons. The molecule has 3 amide bonds. The topological polar surface area (TPSA) is 102 Å². The molecule has 2 fully saturated rings. The van der Waals surface area contributed by atoms with E-state index in [1.54, 1.807) is 0 Å². The summed E-state index contributed by atoms with van der Waals surface area (Å²) in [4.78, 5) is 52.4. The summed E-state index contributed by atoms with van der Waals surface area (Å²) in [7, 11) is 0. The highest BCUT2D eigenvalue weighted by molar-refractivity contribution is 6.01. The van der Waals surface area contributed by atoms with E-state index in [1.165, 1.54) is 6.08 Å². The molecule has 25 heavy (non-hydrogen) atoms. The summed E-state index contributed by atoms with van der Waals surface area (Å²) in [6, 6.07) is -0.971. The van der Waals surface area contributed by atoms with Crippen LogP contribution in [-0.4, -0.2) is 41.6 Å². The second-order valence-electron chi connectivity index (χ2n) is 6.32. The summed E-state index contributed by atoms with van der Waals surface area (Å²) >= 11 is 0. The van der Waals surface area contributed by atoms with E-state index in [2.05, 4.69) is 11.9 Å². The molecule has 138 valence electrons. The van der Waals surface area contributed by atoms with E-state index >= 15 is 0 Å². The molecule has 1 N–H and O–H groups in total. The van der Waals surface area contributed by atoms with Gasteiger partial charge in [0.15, 0.2) is 0 Å². The first-order valence-corrected chi connectivity index (χ1v) is 8.63. The van der Waals surface area contributed by atoms with Gasteiger partial charge in [0.2, 0.25) is 0 Å². The van der Waals surface area contributed by atoms with Crippen molar-refractivity contribution in [2.75, 3.05) is 6.61 Å². The minimum atomic E-state index is -0.971. The Morgan fingerprint density at radius 2 is 1.84 bits per heavy atom. The van der Waals surface area contributed by atoms with Crippen molar-refractivity contribution < 1.29 is 28.8 Å². The van der Waals surface area contributed by atoms with Crippen molar-refractivity contribution in [3.63, 3.8) is 0 Å². The molecule has 8 heteroatoms. The van der Waals surface area contributed by atoms with Crippen LogP contribution < -0.4 is 5.32 Å². The van der Waals surface area contributed by atoms with Gasteiger partial charge < -0.3 is 14.9 Å². The second kappa shape index (κ2) is 9.19. The SMILES string of the molecule is C=CCOC(=O)NC(CC1CCCCC1)C(=O)ON1C(=O)CCC1=O. The minimum Gasteiger partial charge on any atom is -0.445 e. The molecule has 1 saturated heterocycles. The van der Waals surface area contributed by atoms with Gasteiger partial charge in [0, 0.05) is 12.8 Å². The van der Waals surface area contributed by atoms with Crippen LogP contribution in [0.4, 0.5) is 4.79 Å². The van der Waals surface area contributed by atoms with Gasteiger partial charge in [0.05, 0.1) is 0 Å². The third-order valence-corrected chi connectivity index (χ3v) is 4.39. The molecule has 0 bridgehead atoms. The van der Waals surface area contributed by atoms with Crippen LogP contribution in [0.1, 0.15) is 51.4 Å². The molecule has 0 spiro atoms. The number of nitrogens with zero attached hydrogens (tertiary/aromatic N) is 1. The van der Waals surface area contributed by atoms with Crippen LogP contribution in [0.25, 0.3) is 0 Å². The lowest BCUT2D eigenvalue weighted by atomic mass is 9.85. The van der Waals surface area contributed by atoms with Crippen LogP contribution in [0.2, 0.25) is 0 Å². The van der Waals surface area contributed by atoms with Gasteiger partial charge in [-0.25, -0.2) is 9.59 Å². The lowest BCUT2D eigenvalue weighted by molar-refractivity contribution is -0.199. The van der Waals surface area contributed by atoms with E-state index in [0.29, 0.717) is 11.5 Å². The van der Waals surface area contributed by atoms with E-state index in [4.69, 9.17) is 9.57 Å². The standard InChI is InChI=1S/C17H24N2O6/c1-2-10-24-17(23)18-13(11-12-6-4-3-5-7-12)16(22)25-19-14(20)8-9-15(19)21/h2,12-13H,1,3-11H2,(H,18,23). The van der Waals surface area contributed by atoms with Crippen LogP contribution in [-0.2, 0) is 24.0 Å². The molecule has 0 aromatic heterocycles. The molecule has 0 aromatic rings. The smallest absolute Gasteiger partial charge is 0.408 e. The fourth-order valence-electron chi connectivity index (χ4n) is 3.10. The van der Waals surface area contributed by atoms with Crippen molar-refractivity contribution >= 4 is 23.9 Å². The number of ether oxygens (including phenoxy) is 1. The monoisotopic (exact) mass is 352 g/mol. The van der Waals surface area contributed by atoms with E-state index in [9.17, 15) is 19.2 Å². The molecule has 2 aliphatic rings. The first kappa shape index (κ1) is 19.0. The van der Waals surface area contributed by atoms with Gasteiger partial charge in [-0.05, 0) is 12.3 Å². The number of alkyl carbamates (subject to hydrolysis) is 1. The highest BCUT2D eigenvalue weighted by Crippen LogP contribution is 2.28. The van der Waals surface area contributed by atoms with E-state index in [0.717, 1.165) is 32.1 Å². The number of carbonyl (C=O) groups excluding carboxylic acids is 4. The number of amides is 3. The van der Waals surface area contributed by atoms with Gasteiger partial charge >= 0.3 is 12.1 Å².